The maximum atomic E-state index is 13.6. The lowest BCUT2D eigenvalue weighted by atomic mass is 10.3. The predicted octanol–water partition coefficient (Wildman–Crippen LogP) is 2.26. The van der Waals surface area contributed by atoms with E-state index >= 15 is 0 Å². The van der Waals surface area contributed by atoms with Crippen LogP contribution in [0.4, 0.5) is 8.78 Å². The van der Waals surface area contributed by atoms with Crippen molar-refractivity contribution in [3.05, 3.63) is 48.1 Å². The first-order valence-electron chi connectivity index (χ1n) is 5.21. The summed E-state index contributed by atoms with van der Waals surface area (Å²) in [7, 11) is 0.603. The highest BCUT2D eigenvalue weighted by atomic mass is 35.7. The van der Waals surface area contributed by atoms with Crippen molar-refractivity contribution in [2.24, 2.45) is 0 Å². The minimum absolute atomic E-state index is 0.190. The van der Waals surface area contributed by atoms with Crippen molar-refractivity contribution in [3.63, 3.8) is 0 Å². The standard InChI is InChI=1S/C11H7ClF2N2O3S/c12-20(17,18)8-3-2-7(10(13)11(8)14)19-6-9-15-4-1-5-16-9/h1-5H,6H2. The first kappa shape index (κ1) is 14.6. The van der Waals surface area contributed by atoms with Crippen molar-refractivity contribution in [1.29, 1.82) is 0 Å². The minimum atomic E-state index is -4.36. The number of benzene rings is 1. The van der Waals surface area contributed by atoms with Crippen LogP contribution in [0.3, 0.4) is 0 Å². The van der Waals surface area contributed by atoms with Crippen LogP contribution < -0.4 is 4.74 Å². The molecule has 106 valence electrons. The Morgan fingerprint density at radius 3 is 2.40 bits per heavy atom. The molecule has 0 fully saturated rings. The van der Waals surface area contributed by atoms with Crippen molar-refractivity contribution in [2.75, 3.05) is 0 Å². The molecule has 0 radical (unpaired) electrons. The fourth-order valence-corrected chi connectivity index (χ4v) is 2.25. The molecule has 0 N–H and O–H groups in total. The van der Waals surface area contributed by atoms with Gasteiger partial charge < -0.3 is 4.74 Å². The average molecular weight is 321 g/mol. The molecule has 0 aliphatic rings. The van der Waals surface area contributed by atoms with Crippen LogP contribution in [0.25, 0.3) is 0 Å². The smallest absolute Gasteiger partial charge is 0.264 e. The van der Waals surface area contributed by atoms with Crippen LogP contribution in [0.5, 0.6) is 5.75 Å². The Balaban J connectivity index is 2.25. The van der Waals surface area contributed by atoms with E-state index in [0.717, 1.165) is 12.1 Å². The first-order chi connectivity index (χ1) is 9.39. The van der Waals surface area contributed by atoms with E-state index in [-0.39, 0.29) is 12.4 Å². The summed E-state index contributed by atoms with van der Waals surface area (Å²) in [5.74, 6) is -3.23. The molecule has 0 bridgehead atoms. The summed E-state index contributed by atoms with van der Waals surface area (Å²) in [6.45, 7) is -0.190. The molecule has 0 saturated carbocycles. The quantitative estimate of drug-likeness (QED) is 0.808. The molecule has 0 saturated heterocycles. The van der Waals surface area contributed by atoms with Crippen LogP contribution in [-0.2, 0) is 15.7 Å². The predicted molar refractivity (Wildman–Crippen MR) is 65.8 cm³/mol. The lowest BCUT2D eigenvalue weighted by molar-refractivity contribution is 0.274. The van der Waals surface area contributed by atoms with Gasteiger partial charge >= 0.3 is 0 Å². The van der Waals surface area contributed by atoms with E-state index in [1.54, 1.807) is 6.07 Å². The van der Waals surface area contributed by atoms with Gasteiger partial charge in [0.1, 0.15) is 11.5 Å². The van der Waals surface area contributed by atoms with Crippen LogP contribution in [0.1, 0.15) is 5.82 Å². The van der Waals surface area contributed by atoms with Crippen molar-refractivity contribution in [2.45, 2.75) is 11.5 Å². The molecule has 1 heterocycles. The van der Waals surface area contributed by atoms with E-state index in [1.807, 2.05) is 0 Å². The van der Waals surface area contributed by atoms with E-state index in [9.17, 15) is 17.2 Å². The van der Waals surface area contributed by atoms with E-state index < -0.39 is 31.3 Å². The fraction of sp³-hybridized carbons (Fsp3) is 0.0909. The molecule has 1 aromatic carbocycles. The maximum absolute atomic E-state index is 13.6. The molecule has 0 unspecified atom stereocenters. The lowest BCUT2D eigenvalue weighted by Crippen LogP contribution is -2.05. The van der Waals surface area contributed by atoms with E-state index in [2.05, 4.69) is 9.97 Å². The SMILES string of the molecule is O=S(=O)(Cl)c1ccc(OCc2ncccn2)c(F)c1F. The van der Waals surface area contributed by atoms with Crippen LogP contribution in [0.2, 0.25) is 0 Å². The highest BCUT2D eigenvalue weighted by Crippen LogP contribution is 2.27. The van der Waals surface area contributed by atoms with Crippen molar-refractivity contribution in [3.8, 4) is 5.75 Å². The van der Waals surface area contributed by atoms with Crippen molar-refractivity contribution >= 4 is 19.7 Å². The Hall–Kier alpha value is -1.80. The largest absolute Gasteiger partial charge is 0.482 e. The number of rotatable bonds is 4. The highest BCUT2D eigenvalue weighted by Gasteiger charge is 2.22. The zero-order chi connectivity index (χ0) is 14.8. The van der Waals surface area contributed by atoms with Gasteiger partial charge in [-0.2, -0.15) is 4.39 Å². The summed E-state index contributed by atoms with van der Waals surface area (Å²) in [6.07, 6.45) is 2.93. The monoisotopic (exact) mass is 320 g/mol. The first-order valence-corrected chi connectivity index (χ1v) is 7.52. The number of hydrogen-bond acceptors (Lipinski definition) is 5. The normalized spacial score (nSPS) is 11.3. The van der Waals surface area contributed by atoms with E-state index in [1.165, 1.54) is 12.4 Å². The molecule has 5 nitrogen and oxygen atoms in total. The maximum Gasteiger partial charge on any atom is 0.264 e. The second-order valence-electron chi connectivity index (χ2n) is 3.58. The van der Waals surface area contributed by atoms with Crippen LogP contribution >= 0.6 is 10.7 Å². The lowest BCUT2D eigenvalue weighted by Gasteiger charge is -2.08. The Morgan fingerprint density at radius 1 is 1.15 bits per heavy atom. The van der Waals surface area contributed by atoms with Gasteiger partial charge in [-0.15, -0.1) is 0 Å². The number of hydrogen-bond donors (Lipinski definition) is 0. The number of halogens is 3. The Bertz CT molecular complexity index is 726. The molecule has 9 heteroatoms. The van der Waals surface area contributed by atoms with Crippen molar-refractivity contribution in [1.82, 2.24) is 9.97 Å². The highest BCUT2D eigenvalue weighted by molar-refractivity contribution is 8.13. The van der Waals surface area contributed by atoms with Crippen LogP contribution in [-0.4, -0.2) is 18.4 Å². The zero-order valence-corrected chi connectivity index (χ0v) is 11.3. The molecular weight excluding hydrogens is 314 g/mol. The fourth-order valence-electron chi connectivity index (χ4n) is 1.36. The molecule has 0 aliphatic carbocycles. The molecule has 1 aromatic heterocycles. The summed E-state index contributed by atoms with van der Waals surface area (Å²) < 4.78 is 54.1. The third-order valence-corrected chi connectivity index (χ3v) is 3.59. The van der Waals surface area contributed by atoms with Gasteiger partial charge in [0.05, 0.1) is 0 Å². The Labute approximate surface area is 117 Å². The second-order valence-corrected chi connectivity index (χ2v) is 6.12. The third-order valence-electron chi connectivity index (χ3n) is 2.25. The molecule has 2 rings (SSSR count). The summed E-state index contributed by atoms with van der Waals surface area (Å²) in [6, 6.07) is 3.38. The van der Waals surface area contributed by atoms with Gasteiger partial charge in [-0.05, 0) is 18.2 Å². The molecule has 0 amide bonds. The number of nitrogens with zero attached hydrogens (tertiary/aromatic N) is 2. The minimum Gasteiger partial charge on any atom is -0.482 e. The molecule has 0 atom stereocenters. The second kappa shape index (κ2) is 5.68. The van der Waals surface area contributed by atoms with Crippen LogP contribution in [0, 0.1) is 11.6 Å². The summed E-state index contributed by atoms with van der Waals surface area (Å²) >= 11 is 0. The van der Waals surface area contributed by atoms with Crippen LogP contribution in [0.15, 0.2) is 35.5 Å². The Morgan fingerprint density at radius 2 is 1.80 bits per heavy atom. The third kappa shape index (κ3) is 3.20. The van der Waals surface area contributed by atoms with Gasteiger partial charge in [0.15, 0.2) is 17.4 Å². The molecule has 20 heavy (non-hydrogen) atoms. The number of aromatic nitrogens is 2. The summed E-state index contributed by atoms with van der Waals surface area (Å²) in [5.41, 5.74) is 0. The van der Waals surface area contributed by atoms with Gasteiger partial charge in [-0.1, -0.05) is 0 Å². The molecule has 2 aromatic rings. The van der Waals surface area contributed by atoms with E-state index in [4.69, 9.17) is 15.4 Å². The van der Waals surface area contributed by atoms with Gasteiger partial charge in [0.2, 0.25) is 5.82 Å². The van der Waals surface area contributed by atoms with Crippen molar-refractivity contribution < 1.29 is 21.9 Å². The molecule has 0 spiro atoms. The van der Waals surface area contributed by atoms with Gasteiger partial charge in [0, 0.05) is 23.1 Å². The van der Waals surface area contributed by atoms with E-state index in [0.29, 0.717) is 0 Å². The number of ether oxygens (including phenoxy) is 1. The molecular formula is C11H7ClF2N2O3S. The summed E-state index contributed by atoms with van der Waals surface area (Å²) in [4.78, 5) is 6.72. The Kier molecular flexibility index (Phi) is 4.15. The van der Waals surface area contributed by atoms with Gasteiger partial charge in [-0.3, -0.25) is 0 Å². The zero-order valence-electron chi connectivity index (χ0n) is 9.76. The van der Waals surface area contributed by atoms with Gasteiger partial charge in [0.25, 0.3) is 9.05 Å². The van der Waals surface area contributed by atoms with Gasteiger partial charge in [-0.25, -0.2) is 22.8 Å². The summed E-state index contributed by atoms with van der Waals surface area (Å²) in [5, 5.41) is 0. The average Bonchev–Trinajstić information content (AvgIpc) is 2.40. The topological polar surface area (TPSA) is 69.2 Å². The molecule has 0 aliphatic heterocycles.